The van der Waals surface area contributed by atoms with Crippen molar-refractivity contribution >= 4 is 5.97 Å². The van der Waals surface area contributed by atoms with Gasteiger partial charge in [0.15, 0.2) is 0 Å². The van der Waals surface area contributed by atoms with Crippen molar-refractivity contribution in [2.75, 3.05) is 6.54 Å². The smallest absolute Gasteiger partial charge is 0.323 e. The molecule has 0 aliphatic carbocycles. The third-order valence-electron chi connectivity index (χ3n) is 4.13. The lowest BCUT2D eigenvalue weighted by Crippen LogP contribution is -2.47. The molecule has 1 fully saturated rings. The third kappa shape index (κ3) is 2.54. The minimum absolute atomic E-state index is 0.510. The van der Waals surface area contributed by atoms with Gasteiger partial charge in [-0.15, -0.1) is 0 Å². The van der Waals surface area contributed by atoms with Crippen LogP contribution in [0.3, 0.4) is 0 Å². The summed E-state index contributed by atoms with van der Waals surface area (Å²) in [6.07, 6.45) is 3.28. The van der Waals surface area contributed by atoms with Gasteiger partial charge in [-0.1, -0.05) is 18.2 Å². The van der Waals surface area contributed by atoms with E-state index < -0.39 is 11.5 Å². The van der Waals surface area contributed by atoms with Gasteiger partial charge in [0.2, 0.25) is 0 Å². The molecular weight excluding hydrogens is 268 g/mol. The molecule has 0 saturated carbocycles. The number of aromatic nitrogens is 3. The minimum atomic E-state index is -0.795. The summed E-state index contributed by atoms with van der Waals surface area (Å²) < 4.78 is 0. The summed E-state index contributed by atoms with van der Waals surface area (Å²) in [6, 6.07) is 9.67. The topological polar surface area (TPSA) is 71.2 Å². The molecule has 6 nitrogen and oxygen atoms in total. The van der Waals surface area contributed by atoms with Crippen LogP contribution in [0.15, 0.2) is 36.5 Å². The standard InChI is InChI=1S/C15H18N4O2/c1-15(14(20)21)8-5-9-18(15)11-12-10-16-19(17-12)13-6-3-2-4-7-13/h2-4,6-7,10H,5,8-9,11H2,1H3,(H,20,21). The first-order valence-electron chi connectivity index (χ1n) is 7.05. The Balaban J connectivity index is 1.77. The number of likely N-dealkylation sites (tertiary alicyclic amines) is 1. The highest BCUT2D eigenvalue weighted by Crippen LogP contribution is 2.30. The zero-order chi connectivity index (χ0) is 14.9. The van der Waals surface area contributed by atoms with E-state index in [9.17, 15) is 9.90 Å². The van der Waals surface area contributed by atoms with Crippen LogP contribution in [0.4, 0.5) is 0 Å². The van der Waals surface area contributed by atoms with Crippen molar-refractivity contribution in [1.82, 2.24) is 19.9 Å². The van der Waals surface area contributed by atoms with Crippen LogP contribution in [0.25, 0.3) is 5.69 Å². The number of benzene rings is 1. The zero-order valence-corrected chi connectivity index (χ0v) is 11.9. The largest absolute Gasteiger partial charge is 0.480 e. The van der Waals surface area contributed by atoms with Crippen LogP contribution in [0.2, 0.25) is 0 Å². The SMILES string of the molecule is CC1(C(=O)O)CCCN1Cc1cnn(-c2ccccc2)n1. The lowest BCUT2D eigenvalue weighted by Gasteiger charge is -2.30. The first-order valence-corrected chi connectivity index (χ1v) is 7.05. The van der Waals surface area contributed by atoms with Crippen molar-refractivity contribution in [3.8, 4) is 5.69 Å². The van der Waals surface area contributed by atoms with Gasteiger partial charge in [0.25, 0.3) is 0 Å². The highest BCUT2D eigenvalue weighted by molar-refractivity contribution is 5.78. The molecule has 1 N–H and O–H groups in total. The number of carbonyl (C=O) groups is 1. The lowest BCUT2D eigenvalue weighted by molar-refractivity contribution is -0.148. The highest BCUT2D eigenvalue weighted by atomic mass is 16.4. The van der Waals surface area contributed by atoms with Crippen LogP contribution in [0.5, 0.6) is 0 Å². The molecule has 6 heteroatoms. The molecule has 1 unspecified atom stereocenters. The Hall–Kier alpha value is -2.21. The van der Waals surface area contributed by atoms with Gasteiger partial charge >= 0.3 is 5.97 Å². The fourth-order valence-electron chi connectivity index (χ4n) is 2.76. The fraction of sp³-hybridized carbons (Fsp3) is 0.400. The maximum atomic E-state index is 11.5. The van der Waals surface area contributed by atoms with Crippen molar-refractivity contribution in [2.45, 2.75) is 31.8 Å². The van der Waals surface area contributed by atoms with Gasteiger partial charge in [-0.3, -0.25) is 9.69 Å². The molecule has 0 radical (unpaired) electrons. The quantitative estimate of drug-likeness (QED) is 0.926. The summed E-state index contributed by atoms with van der Waals surface area (Å²) in [6.45, 7) is 3.07. The zero-order valence-electron chi connectivity index (χ0n) is 11.9. The third-order valence-corrected chi connectivity index (χ3v) is 4.13. The van der Waals surface area contributed by atoms with Crippen LogP contribution in [-0.4, -0.2) is 43.1 Å². The van der Waals surface area contributed by atoms with E-state index in [1.54, 1.807) is 17.9 Å². The average Bonchev–Trinajstić information content (AvgIpc) is 3.09. The predicted octanol–water partition coefficient (Wildman–Crippen LogP) is 1.71. The fourth-order valence-corrected chi connectivity index (χ4v) is 2.76. The van der Waals surface area contributed by atoms with Crippen molar-refractivity contribution < 1.29 is 9.90 Å². The van der Waals surface area contributed by atoms with Crippen LogP contribution >= 0.6 is 0 Å². The number of hydrogen-bond acceptors (Lipinski definition) is 4. The van der Waals surface area contributed by atoms with E-state index in [2.05, 4.69) is 10.2 Å². The van der Waals surface area contributed by atoms with E-state index >= 15 is 0 Å². The molecule has 1 aromatic carbocycles. The summed E-state index contributed by atoms with van der Waals surface area (Å²) in [4.78, 5) is 15.0. The Morgan fingerprint density at radius 2 is 2.14 bits per heavy atom. The second kappa shape index (κ2) is 5.29. The number of nitrogens with zero attached hydrogens (tertiary/aromatic N) is 4. The summed E-state index contributed by atoms with van der Waals surface area (Å²) in [5, 5.41) is 18.1. The predicted molar refractivity (Wildman–Crippen MR) is 77.0 cm³/mol. The Labute approximate surface area is 123 Å². The lowest BCUT2D eigenvalue weighted by atomic mass is 9.99. The van der Waals surface area contributed by atoms with Gasteiger partial charge in [-0.2, -0.15) is 15.0 Å². The monoisotopic (exact) mass is 286 g/mol. The molecule has 110 valence electrons. The Bertz CT molecular complexity index is 640. The molecule has 1 saturated heterocycles. The number of para-hydroxylation sites is 1. The molecule has 1 aliphatic rings. The highest BCUT2D eigenvalue weighted by Gasteiger charge is 2.43. The number of carboxylic acid groups (broad SMARTS) is 1. The summed E-state index contributed by atoms with van der Waals surface area (Å²) in [5.74, 6) is -0.768. The van der Waals surface area contributed by atoms with E-state index in [1.165, 1.54) is 0 Å². The van der Waals surface area contributed by atoms with Crippen molar-refractivity contribution in [3.05, 3.63) is 42.2 Å². The Kier molecular flexibility index (Phi) is 3.47. The number of carboxylic acids is 1. The normalized spacial score (nSPS) is 22.5. The van der Waals surface area contributed by atoms with E-state index in [1.807, 2.05) is 35.2 Å². The van der Waals surface area contributed by atoms with Crippen molar-refractivity contribution in [2.24, 2.45) is 0 Å². The molecule has 1 aliphatic heterocycles. The minimum Gasteiger partial charge on any atom is -0.480 e. The van der Waals surface area contributed by atoms with Gasteiger partial charge in [0, 0.05) is 6.54 Å². The maximum Gasteiger partial charge on any atom is 0.323 e. The van der Waals surface area contributed by atoms with Crippen molar-refractivity contribution in [3.63, 3.8) is 0 Å². The van der Waals surface area contributed by atoms with Crippen LogP contribution < -0.4 is 0 Å². The van der Waals surface area contributed by atoms with E-state index in [0.29, 0.717) is 13.0 Å². The number of aliphatic carboxylic acids is 1. The molecule has 0 amide bonds. The van der Waals surface area contributed by atoms with E-state index in [4.69, 9.17) is 0 Å². The Morgan fingerprint density at radius 3 is 2.86 bits per heavy atom. The molecule has 0 bridgehead atoms. The maximum absolute atomic E-state index is 11.5. The van der Waals surface area contributed by atoms with Gasteiger partial charge < -0.3 is 5.11 Å². The molecule has 21 heavy (non-hydrogen) atoms. The second-order valence-corrected chi connectivity index (χ2v) is 5.57. The van der Waals surface area contributed by atoms with Gasteiger partial charge in [-0.25, -0.2) is 0 Å². The molecule has 2 aromatic rings. The molecule has 2 heterocycles. The molecule has 0 spiro atoms. The second-order valence-electron chi connectivity index (χ2n) is 5.57. The molecule has 3 rings (SSSR count). The molecule has 1 aromatic heterocycles. The number of rotatable bonds is 4. The van der Waals surface area contributed by atoms with Crippen LogP contribution in [0.1, 0.15) is 25.5 Å². The van der Waals surface area contributed by atoms with Crippen molar-refractivity contribution in [1.29, 1.82) is 0 Å². The first-order chi connectivity index (χ1) is 10.1. The Morgan fingerprint density at radius 1 is 1.38 bits per heavy atom. The number of hydrogen-bond donors (Lipinski definition) is 1. The summed E-state index contributed by atoms with van der Waals surface area (Å²) >= 11 is 0. The van der Waals surface area contributed by atoms with Crippen LogP contribution in [-0.2, 0) is 11.3 Å². The summed E-state index contributed by atoms with van der Waals surface area (Å²) in [5.41, 5.74) is 0.885. The molecule has 1 atom stereocenters. The first kappa shape index (κ1) is 13.8. The van der Waals surface area contributed by atoms with Gasteiger partial charge in [0.05, 0.1) is 17.6 Å². The van der Waals surface area contributed by atoms with Crippen LogP contribution in [0, 0.1) is 0 Å². The van der Waals surface area contributed by atoms with E-state index in [0.717, 1.165) is 24.3 Å². The van der Waals surface area contributed by atoms with E-state index in [-0.39, 0.29) is 0 Å². The van der Waals surface area contributed by atoms with Gasteiger partial charge in [-0.05, 0) is 38.4 Å². The van der Waals surface area contributed by atoms with Gasteiger partial charge in [0.1, 0.15) is 5.54 Å². The average molecular weight is 286 g/mol. The molecular formula is C15H18N4O2. The summed E-state index contributed by atoms with van der Waals surface area (Å²) in [7, 11) is 0.